The predicted molar refractivity (Wildman–Crippen MR) is 107 cm³/mol. The monoisotopic (exact) mass is 377 g/mol. The predicted octanol–water partition coefficient (Wildman–Crippen LogP) is 4.62. The normalized spacial score (nSPS) is 15.3. The average molecular weight is 377 g/mol. The molecule has 0 fully saturated rings. The molecular weight excluding hydrogens is 358 g/mol. The van der Waals surface area contributed by atoms with Gasteiger partial charge in [-0.2, -0.15) is 0 Å². The van der Waals surface area contributed by atoms with Gasteiger partial charge in [-0.1, -0.05) is 60.2 Å². The zero-order valence-corrected chi connectivity index (χ0v) is 15.7. The first-order chi connectivity index (χ1) is 13.0. The Morgan fingerprint density at radius 1 is 0.889 bits per heavy atom. The van der Waals surface area contributed by atoms with Crippen LogP contribution in [0.3, 0.4) is 0 Å². The summed E-state index contributed by atoms with van der Waals surface area (Å²) in [6.45, 7) is 2.07. The Balaban J connectivity index is 1.79. The van der Waals surface area contributed by atoms with Crippen LogP contribution in [0.5, 0.6) is 5.75 Å². The van der Waals surface area contributed by atoms with E-state index in [0.29, 0.717) is 17.2 Å². The van der Waals surface area contributed by atoms with E-state index in [4.69, 9.17) is 4.74 Å². The smallest absolute Gasteiger partial charge is 0.264 e. The molecular formula is C22H19NO3S. The molecule has 4 nitrogen and oxygen atoms in total. The first-order valence-electron chi connectivity index (χ1n) is 8.66. The summed E-state index contributed by atoms with van der Waals surface area (Å²) in [7, 11) is -3.70. The number of anilines is 1. The molecule has 0 saturated heterocycles. The number of sulfonamides is 1. The van der Waals surface area contributed by atoms with E-state index in [1.165, 1.54) is 4.31 Å². The van der Waals surface area contributed by atoms with E-state index >= 15 is 0 Å². The Bertz CT molecular complexity index is 1090. The first-order valence-corrected chi connectivity index (χ1v) is 10.1. The molecule has 1 aliphatic heterocycles. The molecule has 0 saturated carbocycles. The average Bonchev–Trinajstić information content (AvgIpc) is 2.68. The SMILES string of the molecule is Cc1ccc(S(=O)(=O)N2C/C(=C/c3ccccc3)Oc3ccccc32)cc1. The van der Waals surface area contributed by atoms with Crippen molar-refractivity contribution in [2.75, 3.05) is 10.8 Å². The number of hydrogen-bond acceptors (Lipinski definition) is 3. The summed E-state index contributed by atoms with van der Waals surface area (Å²) in [5.41, 5.74) is 2.52. The van der Waals surface area contributed by atoms with Crippen LogP contribution < -0.4 is 9.04 Å². The summed E-state index contributed by atoms with van der Waals surface area (Å²) >= 11 is 0. The summed E-state index contributed by atoms with van der Waals surface area (Å²) in [4.78, 5) is 0.267. The molecule has 0 amide bonds. The molecule has 0 spiro atoms. The minimum absolute atomic E-state index is 0.141. The summed E-state index contributed by atoms with van der Waals surface area (Å²) in [5, 5.41) is 0. The maximum Gasteiger partial charge on any atom is 0.264 e. The Morgan fingerprint density at radius 2 is 1.56 bits per heavy atom. The third-order valence-electron chi connectivity index (χ3n) is 4.41. The van der Waals surface area contributed by atoms with Crippen molar-refractivity contribution in [1.82, 2.24) is 0 Å². The van der Waals surface area contributed by atoms with Gasteiger partial charge in [-0.15, -0.1) is 0 Å². The maximum atomic E-state index is 13.3. The van der Waals surface area contributed by atoms with Gasteiger partial charge in [0, 0.05) is 0 Å². The second-order valence-corrected chi connectivity index (χ2v) is 8.28. The minimum Gasteiger partial charge on any atom is -0.458 e. The number of nitrogens with zero attached hydrogens (tertiary/aromatic N) is 1. The highest BCUT2D eigenvalue weighted by molar-refractivity contribution is 7.92. The second-order valence-electron chi connectivity index (χ2n) is 6.42. The molecule has 0 radical (unpaired) electrons. The topological polar surface area (TPSA) is 46.6 Å². The van der Waals surface area contributed by atoms with E-state index in [-0.39, 0.29) is 11.4 Å². The van der Waals surface area contributed by atoms with Crippen molar-refractivity contribution in [1.29, 1.82) is 0 Å². The molecule has 4 rings (SSSR count). The molecule has 0 N–H and O–H groups in total. The van der Waals surface area contributed by atoms with Crippen LogP contribution >= 0.6 is 0 Å². The second kappa shape index (κ2) is 6.93. The van der Waals surface area contributed by atoms with Gasteiger partial charge < -0.3 is 4.74 Å². The van der Waals surface area contributed by atoms with Crippen molar-refractivity contribution in [3.63, 3.8) is 0 Å². The maximum absolute atomic E-state index is 13.3. The van der Waals surface area contributed by atoms with Crippen LogP contribution in [0.4, 0.5) is 5.69 Å². The molecule has 1 heterocycles. The molecule has 0 unspecified atom stereocenters. The zero-order valence-electron chi connectivity index (χ0n) is 14.9. The zero-order chi connectivity index (χ0) is 18.9. The third-order valence-corrected chi connectivity index (χ3v) is 6.18. The van der Waals surface area contributed by atoms with Gasteiger partial charge in [0.05, 0.1) is 17.1 Å². The lowest BCUT2D eigenvalue weighted by Gasteiger charge is -2.31. The fourth-order valence-corrected chi connectivity index (χ4v) is 4.45. The van der Waals surface area contributed by atoms with Gasteiger partial charge in [-0.25, -0.2) is 8.42 Å². The molecule has 3 aromatic rings. The van der Waals surface area contributed by atoms with Crippen molar-refractivity contribution in [2.45, 2.75) is 11.8 Å². The minimum atomic E-state index is -3.70. The lowest BCUT2D eigenvalue weighted by atomic mass is 10.2. The van der Waals surface area contributed by atoms with E-state index in [1.54, 1.807) is 36.4 Å². The summed E-state index contributed by atoms with van der Waals surface area (Å²) in [6.07, 6.45) is 1.87. The molecule has 1 aliphatic rings. The van der Waals surface area contributed by atoms with E-state index in [0.717, 1.165) is 11.1 Å². The van der Waals surface area contributed by atoms with Crippen LogP contribution in [0.1, 0.15) is 11.1 Å². The van der Waals surface area contributed by atoms with Gasteiger partial charge in [-0.05, 0) is 42.8 Å². The molecule has 5 heteroatoms. The summed E-state index contributed by atoms with van der Waals surface area (Å²) < 4.78 is 34.0. The van der Waals surface area contributed by atoms with E-state index in [2.05, 4.69) is 0 Å². The Hall–Kier alpha value is -3.05. The fourth-order valence-electron chi connectivity index (χ4n) is 3.01. The van der Waals surface area contributed by atoms with E-state index in [9.17, 15) is 8.42 Å². The number of fused-ring (bicyclic) bond motifs is 1. The molecule has 3 aromatic carbocycles. The standard InChI is InChI=1S/C22H19NO3S/c1-17-11-13-20(14-12-17)27(24,25)23-16-19(15-18-7-3-2-4-8-18)26-22-10-6-5-9-21(22)23/h2-15H,16H2,1H3/b19-15-. The number of rotatable bonds is 3. The molecule has 0 atom stereocenters. The molecule has 0 aliphatic carbocycles. The molecule has 27 heavy (non-hydrogen) atoms. The summed E-state index contributed by atoms with van der Waals surface area (Å²) in [6, 6.07) is 23.8. The highest BCUT2D eigenvalue weighted by Crippen LogP contribution is 2.38. The van der Waals surface area contributed by atoms with Crippen LogP contribution in [-0.2, 0) is 10.0 Å². The van der Waals surface area contributed by atoms with Crippen molar-refractivity contribution in [3.05, 3.63) is 95.7 Å². The number of benzene rings is 3. The van der Waals surface area contributed by atoms with Crippen LogP contribution in [-0.4, -0.2) is 15.0 Å². The van der Waals surface area contributed by atoms with Crippen LogP contribution in [0.2, 0.25) is 0 Å². The Morgan fingerprint density at radius 3 is 2.30 bits per heavy atom. The van der Waals surface area contributed by atoms with Gasteiger partial charge in [0.25, 0.3) is 10.0 Å². The highest BCUT2D eigenvalue weighted by atomic mass is 32.2. The first kappa shape index (κ1) is 17.4. The lowest BCUT2D eigenvalue weighted by Crippen LogP contribution is -2.36. The van der Waals surface area contributed by atoms with E-state index in [1.807, 2.05) is 55.5 Å². The Labute approximate surface area is 159 Å². The van der Waals surface area contributed by atoms with Crippen LogP contribution in [0, 0.1) is 6.92 Å². The number of aryl methyl sites for hydroxylation is 1. The van der Waals surface area contributed by atoms with Crippen molar-refractivity contribution >= 4 is 21.8 Å². The van der Waals surface area contributed by atoms with E-state index < -0.39 is 10.0 Å². The third kappa shape index (κ3) is 3.46. The molecule has 136 valence electrons. The van der Waals surface area contributed by atoms with Crippen molar-refractivity contribution < 1.29 is 13.2 Å². The van der Waals surface area contributed by atoms with Crippen LogP contribution in [0.15, 0.2) is 89.5 Å². The number of para-hydroxylation sites is 2. The number of hydrogen-bond donors (Lipinski definition) is 0. The quantitative estimate of drug-likeness (QED) is 0.669. The van der Waals surface area contributed by atoms with Crippen molar-refractivity contribution in [2.24, 2.45) is 0 Å². The van der Waals surface area contributed by atoms with Crippen LogP contribution in [0.25, 0.3) is 6.08 Å². The van der Waals surface area contributed by atoms with Gasteiger partial charge in [0.15, 0.2) is 5.75 Å². The van der Waals surface area contributed by atoms with Gasteiger partial charge in [0.1, 0.15) is 5.76 Å². The van der Waals surface area contributed by atoms with Gasteiger partial charge >= 0.3 is 0 Å². The molecule has 0 bridgehead atoms. The van der Waals surface area contributed by atoms with Gasteiger partial charge in [0.2, 0.25) is 0 Å². The highest BCUT2D eigenvalue weighted by Gasteiger charge is 2.32. The van der Waals surface area contributed by atoms with Crippen molar-refractivity contribution in [3.8, 4) is 5.75 Å². The van der Waals surface area contributed by atoms with Gasteiger partial charge in [-0.3, -0.25) is 4.31 Å². The fraction of sp³-hybridized carbons (Fsp3) is 0.0909. The number of ether oxygens (including phenoxy) is 1. The largest absolute Gasteiger partial charge is 0.458 e. The molecule has 0 aromatic heterocycles. The lowest BCUT2D eigenvalue weighted by molar-refractivity contribution is 0.408. The Kier molecular flexibility index (Phi) is 4.46. The summed E-state index contributed by atoms with van der Waals surface area (Å²) in [5.74, 6) is 1.11.